The topological polar surface area (TPSA) is 35.8 Å². The number of aliphatic imine (C=N–C) groups is 1. The van der Waals surface area contributed by atoms with Gasteiger partial charge in [-0.15, -0.1) is 12.4 Å². The molecule has 0 spiro atoms. The van der Waals surface area contributed by atoms with Gasteiger partial charge in [0.05, 0.1) is 19.0 Å². The number of allylic oxidation sites excluding steroid dienone is 2. The van der Waals surface area contributed by atoms with Gasteiger partial charge in [-0.1, -0.05) is 70.4 Å². The van der Waals surface area contributed by atoms with Crippen molar-refractivity contribution in [1.82, 2.24) is 4.90 Å². The lowest BCUT2D eigenvalue weighted by atomic mass is 10.1. The first-order valence-corrected chi connectivity index (χ1v) is 10.9. The van der Waals surface area contributed by atoms with Crippen molar-refractivity contribution >= 4 is 18.2 Å². The van der Waals surface area contributed by atoms with Gasteiger partial charge in [-0.25, -0.2) is 0 Å². The van der Waals surface area contributed by atoms with E-state index in [2.05, 4.69) is 29.0 Å². The molecule has 0 saturated carbocycles. The molecule has 1 N–H and O–H groups in total. The molecule has 0 fully saturated rings. The summed E-state index contributed by atoms with van der Waals surface area (Å²) in [4.78, 5) is 6.81. The van der Waals surface area contributed by atoms with E-state index in [4.69, 9.17) is 5.11 Å². The second-order valence-corrected chi connectivity index (χ2v) is 7.34. The van der Waals surface area contributed by atoms with E-state index in [0.29, 0.717) is 0 Å². The predicted octanol–water partition coefficient (Wildman–Crippen LogP) is 6.15. The first-order valence-electron chi connectivity index (χ1n) is 10.9. The van der Waals surface area contributed by atoms with Crippen molar-refractivity contribution in [3.63, 3.8) is 0 Å². The highest BCUT2D eigenvalue weighted by atomic mass is 35.5. The van der Waals surface area contributed by atoms with Gasteiger partial charge < -0.3 is 10.0 Å². The Labute approximate surface area is 168 Å². The predicted molar refractivity (Wildman–Crippen MR) is 118 cm³/mol. The molecule has 0 bridgehead atoms. The second-order valence-electron chi connectivity index (χ2n) is 7.34. The number of nitrogens with zero attached hydrogens (tertiary/aromatic N) is 2. The van der Waals surface area contributed by atoms with Crippen LogP contribution in [0.15, 0.2) is 17.1 Å². The van der Waals surface area contributed by atoms with Gasteiger partial charge in [0.2, 0.25) is 0 Å². The Morgan fingerprint density at radius 3 is 2.08 bits per heavy atom. The Balaban J connectivity index is 0.00000625. The molecule has 1 aliphatic heterocycles. The van der Waals surface area contributed by atoms with Crippen LogP contribution >= 0.6 is 12.4 Å². The number of aliphatic hydroxyl groups is 1. The van der Waals surface area contributed by atoms with Gasteiger partial charge in [0, 0.05) is 19.5 Å². The molecule has 1 rings (SSSR count). The molecular weight excluding hydrogens is 344 g/mol. The van der Waals surface area contributed by atoms with E-state index in [1.807, 2.05) is 0 Å². The molecule has 0 saturated heterocycles. The van der Waals surface area contributed by atoms with Gasteiger partial charge in [0.1, 0.15) is 0 Å². The fourth-order valence-electron chi connectivity index (χ4n) is 3.48. The monoisotopic (exact) mass is 386 g/mol. The number of halogens is 1. The highest BCUT2D eigenvalue weighted by Gasteiger charge is 2.14. The van der Waals surface area contributed by atoms with Crippen LogP contribution in [0, 0.1) is 0 Å². The number of hydrogen-bond donors (Lipinski definition) is 1. The molecule has 1 aliphatic rings. The summed E-state index contributed by atoms with van der Waals surface area (Å²) in [6.07, 6.45) is 23.4. The maximum absolute atomic E-state index is 9.05. The fraction of sp³-hybridized carbons (Fsp3) is 0.864. The standard InChI is InChI=1S/C22H42N2O.ClH/c1-2-3-4-5-6-7-8-9-10-11-12-13-14-15-16-17-22-23-18-19-24(22)20-21-25;/h9-10,25H,2-8,11-21H2,1H3;1H/b10-9-;. The van der Waals surface area contributed by atoms with Gasteiger partial charge in [0.25, 0.3) is 0 Å². The SMILES string of the molecule is CCCCCCCC/C=C\CCCCCCCC1=NCCN1CCO.Cl. The van der Waals surface area contributed by atoms with E-state index in [1.165, 1.54) is 89.3 Å². The largest absolute Gasteiger partial charge is 0.395 e. The third-order valence-corrected chi connectivity index (χ3v) is 5.06. The maximum Gasteiger partial charge on any atom is 0.0991 e. The van der Waals surface area contributed by atoms with E-state index in [9.17, 15) is 0 Å². The molecule has 0 aromatic rings. The number of aliphatic hydroxyl groups excluding tert-OH is 1. The molecule has 26 heavy (non-hydrogen) atoms. The minimum atomic E-state index is 0. The van der Waals surface area contributed by atoms with Gasteiger partial charge >= 0.3 is 0 Å². The molecule has 1 heterocycles. The average molecular weight is 387 g/mol. The third kappa shape index (κ3) is 13.6. The molecule has 0 aromatic heterocycles. The molecule has 0 radical (unpaired) electrons. The summed E-state index contributed by atoms with van der Waals surface area (Å²) in [5.74, 6) is 1.23. The summed E-state index contributed by atoms with van der Waals surface area (Å²) >= 11 is 0. The zero-order valence-corrected chi connectivity index (χ0v) is 17.9. The van der Waals surface area contributed by atoms with Crippen molar-refractivity contribution in [1.29, 1.82) is 0 Å². The van der Waals surface area contributed by atoms with Crippen LogP contribution in [0.5, 0.6) is 0 Å². The van der Waals surface area contributed by atoms with E-state index in [0.717, 1.165) is 26.1 Å². The minimum absolute atomic E-state index is 0. The van der Waals surface area contributed by atoms with Gasteiger partial charge in [-0.05, 0) is 32.1 Å². The number of amidine groups is 1. The quantitative estimate of drug-likeness (QED) is 0.240. The van der Waals surface area contributed by atoms with Crippen LogP contribution in [0.25, 0.3) is 0 Å². The number of hydrogen-bond acceptors (Lipinski definition) is 3. The van der Waals surface area contributed by atoms with Crippen LogP contribution in [-0.4, -0.2) is 42.1 Å². The van der Waals surface area contributed by atoms with E-state index in [1.54, 1.807) is 0 Å². The zero-order chi connectivity index (χ0) is 18.0. The van der Waals surface area contributed by atoms with E-state index >= 15 is 0 Å². The molecule has 0 aliphatic carbocycles. The summed E-state index contributed by atoms with van der Waals surface area (Å²) in [5.41, 5.74) is 0. The third-order valence-electron chi connectivity index (χ3n) is 5.06. The first kappa shape index (κ1) is 25.5. The Kier molecular flexibility index (Phi) is 18.8. The summed E-state index contributed by atoms with van der Waals surface area (Å²) in [6.45, 7) is 5.19. The number of unbranched alkanes of at least 4 members (excludes halogenated alkanes) is 11. The Morgan fingerprint density at radius 1 is 0.885 bits per heavy atom. The molecule has 4 heteroatoms. The van der Waals surface area contributed by atoms with Gasteiger partial charge in [0.15, 0.2) is 0 Å². The first-order chi connectivity index (χ1) is 12.4. The lowest BCUT2D eigenvalue weighted by molar-refractivity contribution is 0.255. The summed E-state index contributed by atoms with van der Waals surface area (Å²) in [5, 5.41) is 9.05. The van der Waals surface area contributed by atoms with Crippen molar-refractivity contribution < 1.29 is 5.11 Å². The smallest absolute Gasteiger partial charge is 0.0991 e. The van der Waals surface area contributed by atoms with Gasteiger partial charge in [-0.3, -0.25) is 4.99 Å². The zero-order valence-electron chi connectivity index (χ0n) is 17.1. The van der Waals surface area contributed by atoms with E-state index < -0.39 is 0 Å². The highest BCUT2D eigenvalue weighted by molar-refractivity contribution is 5.85. The van der Waals surface area contributed by atoms with Crippen molar-refractivity contribution in [2.45, 2.75) is 96.8 Å². The van der Waals surface area contributed by atoms with Crippen molar-refractivity contribution in [3.8, 4) is 0 Å². The minimum Gasteiger partial charge on any atom is -0.395 e. The second kappa shape index (κ2) is 19.2. The van der Waals surface area contributed by atoms with Crippen molar-refractivity contribution in [2.75, 3.05) is 26.2 Å². The summed E-state index contributed by atoms with van der Waals surface area (Å²) in [6, 6.07) is 0. The Morgan fingerprint density at radius 2 is 1.46 bits per heavy atom. The molecule has 0 atom stereocenters. The molecule has 0 amide bonds. The van der Waals surface area contributed by atoms with Gasteiger partial charge in [-0.2, -0.15) is 0 Å². The average Bonchev–Trinajstić information content (AvgIpc) is 3.06. The fourth-order valence-corrected chi connectivity index (χ4v) is 3.48. The van der Waals surface area contributed by atoms with E-state index in [-0.39, 0.29) is 19.0 Å². The lowest BCUT2D eigenvalue weighted by Crippen LogP contribution is -2.30. The van der Waals surface area contributed by atoms with Crippen LogP contribution < -0.4 is 0 Å². The van der Waals surface area contributed by atoms with Crippen LogP contribution in [0.1, 0.15) is 96.8 Å². The molecular formula is C22H43ClN2O. The maximum atomic E-state index is 9.05. The number of rotatable bonds is 17. The molecule has 0 unspecified atom stereocenters. The molecule has 154 valence electrons. The number of β-amino-alcohol motifs (C(OH)–C–C–N with tert-alkyl or cyclic N) is 1. The van der Waals surface area contributed by atoms with Crippen molar-refractivity contribution in [3.05, 3.63) is 12.2 Å². The highest BCUT2D eigenvalue weighted by Crippen LogP contribution is 2.12. The Bertz CT molecular complexity index is 358. The summed E-state index contributed by atoms with van der Waals surface area (Å²) < 4.78 is 0. The lowest BCUT2D eigenvalue weighted by Gasteiger charge is -2.18. The van der Waals surface area contributed by atoms with Crippen LogP contribution in [0.4, 0.5) is 0 Å². The molecule has 3 nitrogen and oxygen atoms in total. The Hall–Kier alpha value is -0.540. The summed E-state index contributed by atoms with van der Waals surface area (Å²) in [7, 11) is 0. The normalized spacial score (nSPS) is 14.1. The van der Waals surface area contributed by atoms with Crippen LogP contribution in [0.3, 0.4) is 0 Å². The van der Waals surface area contributed by atoms with Crippen molar-refractivity contribution in [2.24, 2.45) is 4.99 Å². The van der Waals surface area contributed by atoms with Crippen LogP contribution in [0.2, 0.25) is 0 Å². The van der Waals surface area contributed by atoms with Crippen LogP contribution in [-0.2, 0) is 0 Å². The molecule has 0 aromatic carbocycles.